The summed E-state index contributed by atoms with van der Waals surface area (Å²) in [7, 11) is 1.55. The minimum absolute atomic E-state index is 0.105. The number of halogens is 3. The Kier molecular flexibility index (Phi) is 6.24. The predicted molar refractivity (Wildman–Crippen MR) is 84.0 cm³/mol. The average molecular weight is 359 g/mol. The molecule has 0 aliphatic carbocycles. The van der Waals surface area contributed by atoms with Crippen LogP contribution in [0.5, 0.6) is 5.75 Å². The van der Waals surface area contributed by atoms with Gasteiger partial charge in [-0.1, -0.05) is 12.1 Å². The molecule has 1 fully saturated rings. The maximum atomic E-state index is 12.9. The molecule has 1 aromatic carbocycles. The van der Waals surface area contributed by atoms with Crippen molar-refractivity contribution < 1.29 is 27.5 Å². The van der Waals surface area contributed by atoms with Crippen molar-refractivity contribution in [3.63, 3.8) is 0 Å². The van der Waals surface area contributed by atoms with Crippen LogP contribution >= 0.6 is 0 Å². The van der Waals surface area contributed by atoms with Gasteiger partial charge in [0, 0.05) is 33.2 Å². The first-order valence-electron chi connectivity index (χ1n) is 7.81. The first-order valence-corrected chi connectivity index (χ1v) is 7.81. The summed E-state index contributed by atoms with van der Waals surface area (Å²) < 4.78 is 43.8. The van der Waals surface area contributed by atoms with Crippen molar-refractivity contribution in [2.24, 2.45) is 0 Å². The molecule has 0 saturated carbocycles. The maximum Gasteiger partial charge on any atom is 0.419 e. The van der Waals surface area contributed by atoms with Crippen molar-refractivity contribution in [2.75, 3.05) is 46.4 Å². The lowest BCUT2D eigenvalue weighted by molar-refractivity contribution is -0.141. The molecule has 1 aliphatic rings. The van der Waals surface area contributed by atoms with Gasteiger partial charge in [0.05, 0.1) is 12.1 Å². The largest absolute Gasteiger partial charge is 0.483 e. The number of carbonyl (C=O) groups is 2. The molecule has 1 saturated heterocycles. The van der Waals surface area contributed by atoms with E-state index in [0.717, 1.165) is 6.07 Å². The lowest BCUT2D eigenvalue weighted by atomic mass is 10.2. The average Bonchev–Trinajstić information content (AvgIpc) is 2.59. The third kappa shape index (κ3) is 5.35. The number of hydrogen-bond donors (Lipinski definition) is 1. The SMILES string of the molecule is CNC(=O)CN1CCN(C(=O)COc2ccccc2C(F)(F)F)CC1. The van der Waals surface area contributed by atoms with Gasteiger partial charge in [0.15, 0.2) is 6.61 Å². The minimum Gasteiger partial charge on any atom is -0.483 e. The first-order chi connectivity index (χ1) is 11.8. The van der Waals surface area contributed by atoms with Crippen LogP contribution < -0.4 is 10.1 Å². The van der Waals surface area contributed by atoms with Gasteiger partial charge in [0.25, 0.3) is 5.91 Å². The summed E-state index contributed by atoms with van der Waals surface area (Å²) in [5, 5.41) is 2.53. The van der Waals surface area contributed by atoms with Gasteiger partial charge < -0.3 is 15.0 Å². The standard InChI is InChI=1S/C16H20F3N3O3/c1-20-14(23)10-21-6-8-22(9-7-21)15(24)11-25-13-5-3-2-4-12(13)16(17,18)19/h2-5H,6-11H2,1H3,(H,20,23). The van der Waals surface area contributed by atoms with Gasteiger partial charge in [-0.05, 0) is 12.1 Å². The smallest absolute Gasteiger partial charge is 0.419 e. The number of para-hydroxylation sites is 1. The van der Waals surface area contributed by atoms with Crippen molar-refractivity contribution in [1.29, 1.82) is 0 Å². The van der Waals surface area contributed by atoms with E-state index in [-0.39, 0.29) is 24.1 Å². The molecule has 1 heterocycles. The molecule has 1 N–H and O–H groups in total. The lowest BCUT2D eigenvalue weighted by Crippen LogP contribution is -2.51. The molecule has 138 valence electrons. The molecule has 0 aromatic heterocycles. The Morgan fingerprint density at radius 3 is 2.40 bits per heavy atom. The molecule has 2 rings (SSSR count). The zero-order valence-electron chi connectivity index (χ0n) is 13.8. The number of nitrogens with zero attached hydrogens (tertiary/aromatic N) is 2. The van der Waals surface area contributed by atoms with Gasteiger partial charge in [-0.15, -0.1) is 0 Å². The van der Waals surface area contributed by atoms with E-state index in [1.165, 1.54) is 23.1 Å². The highest BCUT2D eigenvalue weighted by Crippen LogP contribution is 2.35. The summed E-state index contributed by atoms with van der Waals surface area (Å²) in [4.78, 5) is 26.9. The fourth-order valence-corrected chi connectivity index (χ4v) is 2.50. The van der Waals surface area contributed by atoms with Crippen molar-refractivity contribution in [3.05, 3.63) is 29.8 Å². The van der Waals surface area contributed by atoms with Crippen LogP contribution in [0.1, 0.15) is 5.56 Å². The Balaban J connectivity index is 1.85. The molecule has 0 atom stereocenters. The highest BCUT2D eigenvalue weighted by atomic mass is 19.4. The van der Waals surface area contributed by atoms with E-state index in [2.05, 4.69) is 5.32 Å². The Bertz CT molecular complexity index is 614. The Morgan fingerprint density at radius 2 is 1.80 bits per heavy atom. The number of ether oxygens (including phenoxy) is 1. The van der Waals surface area contributed by atoms with Gasteiger partial charge in [0.2, 0.25) is 5.91 Å². The zero-order valence-corrected chi connectivity index (χ0v) is 13.8. The summed E-state index contributed by atoms with van der Waals surface area (Å²) in [5.74, 6) is -0.843. The highest BCUT2D eigenvalue weighted by Gasteiger charge is 2.34. The van der Waals surface area contributed by atoms with E-state index in [4.69, 9.17) is 4.74 Å². The third-order valence-electron chi connectivity index (χ3n) is 3.91. The van der Waals surface area contributed by atoms with Crippen LogP contribution in [0.3, 0.4) is 0 Å². The van der Waals surface area contributed by atoms with Gasteiger partial charge in [-0.3, -0.25) is 14.5 Å². The second-order valence-corrected chi connectivity index (χ2v) is 5.61. The summed E-state index contributed by atoms with van der Waals surface area (Å²) in [6, 6.07) is 4.80. The molecule has 0 radical (unpaired) electrons. The highest BCUT2D eigenvalue weighted by molar-refractivity contribution is 5.78. The Morgan fingerprint density at radius 1 is 1.16 bits per heavy atom. The van der Waals surface area contributed by atoms with E-state index in [1.54, 1.807) is 7.05 Å². The molecule has 0 unspecified atom stereocenters. The number of benzene rings is 1. The molecule has 1 aromatic rings. The van der Waals surface area contributed by atoms with Crippen molar-refractivity contribution in [3.8, 4) is 5.75 Å². The Hall–Kier alpha value is -2.29. The lowest BCUT2D eigenvalue weighted by Gasteiger charge is -2.34. The number of likely N-dealkylation sites (N-methyl/N-ethyl adjacent to an activating group) is 1. The summed E-state index contributed by atoms with van der Waals surface area (Å²) >= 11 is 0. The van der Waals surface area contributed by atoms with E-state index in [0.29, 0.717) is 26.2 Å². The van der Waals surface area contributed by atoms with Crippen LogP contribution in [0.4, 0.5) is 13.2 Å². The molecule has 9 heteroatoms. The molecule has 6 nitrogen and oxygen atoms in total. The minimum atomic E-state index is -4.54. The van der Waals surface area contributed by atoms with Crippen molar-refractivity contribution in [1.82, 2.24) is 15.1 Å². The van der Waals surface area contributed by atoms with Crippen LogP contribution in [0.15, 0.2) is 24.3 Å². The predicted octanol–water partition coefficient (Wildman–Crippen LogP) is 0.974. The van der Waals surface area contributed by atoms with Crippen LogP contribution in [0, 0.1) is 0 Å². The topological polar surface area (TPSA) is 61.9 Å². The number of alkyl halides is 3. The summed E-state index contributed by atoms with van der Waals surface area (Å²) in [5.41, 5.74) is -0.904. The maximum absolute atomic E-state index is 12.9. The second-order valence-electron chi connectivity index (χ2n) is 5.61. The normalized spacial score (nSPS) is 15.8. The summed E-state index contributed by atoms with van der Waals surface area (Å²) in [6.07, 6.45) is -4.54. The number of rotatable bonds is 5. The molecular formula is C16H20F3N3O3. The van der Waals surface area contributed by atoms with Crippen LogP contribution in [-0.2, 0) is 15.8 Å². The number of hydrogen-bond acceptors (Lipinski definition) is 4. The van der Waals surface area contributed by atoms with Crippen LogP contribution in [0.25, 0.3) is 0 Å². The molecule has 0 bridgehead atoms. The molecule has 1 aliphatic heterocycles. The van der Waals surface area contributed by atoms with E-state index >= 15 is 0 Å². The van der Waals surface area contributed by atoms with Gasteiger partial charge in [-0.25, -0.2) is 0 Å². The molecule has 0 spiro atoms. The van der Waals surface area contributed by atoms with Gasteiger partial charge in [0.1, 0.15) is 5.75 Å². The molecular weight excluding hydrogens is 339 g/mol. The zero-order chi connectivity index (χ0) is 18.4. The van der Waals surface area contributed by atoms with Gasteiger partial charge >= 0.3 is 6.18 Å². The monoisotopic (exact) mass is 359 g/mol. The molecule has 2 amide bonds. The van der Waals surface area contributed by atoms with Crippen molar-refractivity contribution >= 4 is 11.8 Å². The number of nitrogens with one attached hydrogen (secondary N) is 1. The van der Waals surface area contributed by atoms with Gasteiger partial charge in [-0.2, -0.15) is 13.2 Å². The van der Waals surface area contributed by atoms with Crippen LogP contribution in [0.2, 0.25) is 0 Å². The second kappa shape index (κ2) is 8.19. The van der Waals surface area contributed by atoms with E-state index < -0.39 is 18.3 Å². The summed E-state index contributed by atoms with van der Waals surface area (Å²) in [6.45, 7) is 1.66. The first kappa shape index (κ1) is 19.0. The number of piperazine rings is 1. The quantitative estimate of drug-likeness (QED) is 0.851. The van der Waals surface area contributed by atoms with Crippen molar-refractivity contribution in [2.45, 2.75) is 6.18 Å². The van der Waals surface area contributed by atoms with E-state index in [1.807, 2.05) is 4.90 Å². The fraction of sp³-hybridized carbons (Fsp3) is 0.500. The third-order valence-corrected chi connectivity index (χ3v) is 3.91. The van der Waals surface area contributed by atoms with E-state index in [9.17, 15) is 22.8 Å². The number of amides is 2. The van der Waals surface area contributed by atoms with Crippen LogP contribution in [-0.4, -0.2) is 68.0 Å². The fourth-order valence-electron chi connectivity index (χ4n) is 2.50. The number of carbonyl (C=O) groups excluding carboxylic acids is 2. The Labute approximate surface area is 143 Å². The molecule has 25 heavy (non-hydrogen) atoms.